The topological polar surface area (TPSA) is 72.4 Å². The Kier molecular flexibility index (Phi) is 7.75. The molecule has 0 unspecified atom stereocenters. The van der Waals surface area contributed by atoms with Crippen molar-refractivity contribution in [3.63, 3.8) is 0 Å². The molecule has 0 atom stereocenters. The number of hydrogen-bond acceptors (Lipinski definition) is 4. The zero-order valence-electron chi connectivity index (χ0n) is 15.7. The molecule has 0 aliphatic rings. The molecule has 0 aromatic heterocycles. The van der Waals surface area contributed by atoms with Gasteiger partial charge in [-0.3, -0.25) is 15.0 Å². The van der Waals surface area contributed by atoms with Gasteiger partial charge in [-0.15, -0.1) is 0 Å². The largest absolute Gasteiger partial charge is 0.326 e. The first-order chi connectivity index (χ1) is 12.5. The number of benzene rings is 2. The lowest BCUT2D eigenvalue weighted by molar-refractivity contribution is -0.384. The standard InChI is InChI=1S/C21H29N3O2/c1-3-17(4-2)14-23(15-19-7-5-18(13-22)6-8-19)16-20-9-11-21(12-10-20)24(25)26/h5-12,17H,3-4,13-16,22H2,1-2H3. The smallest absolute Gasteiger partial charge is 0.269 e. The van der Waals surface area contributed by atoms with Crippen molar-refractivity contribution in [3.05, 3.63) is 75.3 Å². The van der Waals surface area contributed by atoms with Crippen molar-refractivity contribution in [1.29, 1.82) is 0 Å². The molecular formula is C21H29N3O2. The molecule has 5 nitrogen and oxygen atoms in total. The minimum atomic E-state index is -0.356. The Bertz CT molecular complexity index is 679. The fraction of sp³-hybridized carbons (Fsp3) is 0.429. The van der Waals surface area contributed by atoms with Gasteiger partial charge in [0.2, 0.25) is 0 Å². The molecule has 0 bridgehead atoms. The fourth-order valence-corrected chi connectivity index (χ4v) is 3.12. The number of nitro benzene ring substituents is 1. The first-order valence-corrected chi connectivity index (χ1v) is 9.29. The van der Waals surface area contributed by atoms with Crippen LogP contribution in [0.2, 0.25) is 0 Å². The molecule has 0 heterocycles. The molecule has 0 radical (unpaired) electrons. The minimum absolute atomic E-state index is 0.137. The molecule has 2 rings (SSSR count). The van der Waals surface area contributed by atoms with Crippen LogP contribution in [0.1, 0.15) is 43.4 Å². The maximum absolute atomic E-state index is 10.8. The summed E-state index contributed by atoms with van der Waals surface area (Å²) in [6.07, 6.45) is 2.30. The van der Waals surface area contributed by atoms with Gasteiger partial charge in [-0.1, -0.05) is 63.1 Å². The van der Waals surface area contributed by atoms with Gasteiger partial charge < -0.3 is 5.73 Å². The summed E-state index contributed by atoms with van der Waals surface area (Å²) in [5.41, 5.74) is 9.31. The van der Waals surface area contributed by atoms with E-state index in [2.05, 4.69) is 43.0 Å². The SMILES string of the molecule is CCC(CC)CN(Cc1ccc(CN)cc1)Cc1ccc([N+](=O)[O-])cc1. The highest BCUT2D eigenvalue weighted by molar-refractivity contribution is 5.33. The van der Waals surface area contributed by atoms with E-state index >= 15 is 0 Å². The normalized spacial score (nSPS) is 11.3. The predicted molar refractivity (Wildman–Crippen MR) is 106 cm³/mol. The van der Waals surface area contributed by atoms with E-state index in [1.807, 2.05) is 12.1 Å². The summed E-state index contributed by atoms with van der Waals surface area (Å²) in [6.45, 7) is 7.68. The van der Waals surface area contributed by atoms with E-state index in [9.17, 15) is 10.1 Å². The Morgan fingerprint density at radius 3 is 1.81 bits per heavy atom. The summed E-state index contributed by atoms with van der Waals surface area (Å²) in [5, 5.41) is 10.8. The molecule has 0 aliphatic heterocycles. The van der Waals surface area contributed by atoms with Crippen LogP contribution in [0.4, 0.5) is 5.69 Å². The van der Waals surface area contributed by atoms with Gasteiger partial charge in [-0.2, -0.15) is 0 Å². The molecular weight excluding hydrogens is 326 g/mol. The Morgan fingerprint density at radius 2 is 1.38 bits per heavy atom. The highest BCUT2D eigenvalue weighted by atomic mass is 16.6. The average molecular weight is 355 g/mol. The molecule has 0 saturated heterocycles. The summed E-state index contributed by atoms with van der Waals surface area (Å²) in [5.74, 6) is 0.649. The zero-order valence-corrected chi connectivity index (χ0v) is 15.7. The number of rotatable bonds is 10. The van der Waals surface area contributed by atoms with Crippen LogP contribution in [0.25, 0.3) is 0 Å². The van der Waals surface area contributed by atoms with E-state index < -0.39 is 0 Å². The summed E-state index contributed by atoms with van der Waals surface area (Å²) in [6, 6.07) is 15.3. The minimum Gasteiger partial charge on any atom is -0.326 e. The van der Waals surface area contributed by atoms with Crippen molar-refractivity contribution in [1.82, 2.24) is 4.90 Å². The molecule has 0 amide bonds. The second kappa shape index (κ2) is 10.0. The van der Waals surface area contributed by atoms with Gasteiger partial charge in [0.05, 0.1) is 4.92 Å². The molecule has 0 fully saturated rings. The van der Waals surface area contributed by atoms with Crippen LogP contribution in [-0.2, 0) is 19.6 Å². The lowest BCUT2D eigenvalue weighted by Gasteiger charge is -2.27. The van der Waals surface area contributed by atoms with Crippen LogP contribution < -0.4 is 5.73 Å². The van der Waals surface area contributed by atoms with E-state index in [0.29, 0.717) is 12.5 Å². The second-order valence-corrected chi connectivity index (χ2v) is 6.80. The van der Waals surface area contributed by atoms with Crippen LogP contribution in [-0.4, -0.2) is 16.4 Å². The summed E-state index contributed by atoms with van der Waals surface area (Å²) < 4.78 is 0. The van der Waals surface area contributed by atoms with Crippen LogP contribution >= 0.6 is 0 Å². The molecule has 26 heavy (non-hydrogen) atoms. The van der Waals surface area contributed by atoms with E-state index in [1.165, 1.54) is 5.56 Å². The van der Waals surface area contributed by atoms with Crippen LogP contribution in [0.3, 0.4) is 0 Å². The van der Waals surface area contributed by atoms with Crippen molar-refractivity contribution < 1.29 is 4.92 Å². The number of nitrogens with zero attached hydrogens (tertiary/aromatic N) is 2. The molecule has 2 aromatic carbocycles. The van der Waals surface area contributed by atoms with Crippen LogP contribution in [0.5, 0.6) is 0 Å². The molecule has 5 heteroatoms. The molecule has 0 saturated carbocycles. The lowest BCUT2D eigenvalue weighted by Crippen LogP contribution is -2.28. The predicted octanol–water partition coefficient (Wildman–Crippen LogP) is 4.49. The molecule has 0 spiro atoms. The van der Waals surface area contributed by atoms with Crippen LogP contribution in [0.15, 0.2) is 48.5 Å². The highest BCUT2D eigenvalue weighted by Gasteiger charge is 2.14. The van der Waals surface area contributed by atoms with Gasteiger partial charge in [0.25, 0.3) is 5.69 Å². The fourth-order valence-electron chi connectivity index (χ4n) is 3.12. The van der Waals surface area contributed by atoms with Gasteiger partial charge >= 0.3 is 0 Å². The molecule has 2 N–H and O–H groups in total. The number of non-ortho nitro benzene ring substituents is 1. The van der Waals surface area contributed by atoms with E-state index in [-0.39, 0.29) is 10.6 Å². The third kappa shape index (κ3) is 5.93. The lowest BCUT2D eigenvalue weighted by atomic mass is 10.0. The summed E-state index contributed by atoms with van der Waals surface area (Å²) >= 11 is 0. The number of nitrogens with two attached hydrogens (primary N) is 1. The number of nitro groups is 1. The molecule has 2 aromatic rings. The summed E-state index contributed by atoms with van der Waals surface area (Å²) in [4.78, 5) is 12.9. The first-order valence-electron chi connectivity index (χ1n) is 9.29. The summed E-state index contributed by atoms with van der Waals surface area (Å²) in [7, 11) is 0. The maximum Gasteiger partial charge on any atom is 0.269 e. The second-order valence-electron chi connectivity index (χ2n) is 6.80. The van der Waals surface area contributed by atoms with Crippen molar-refractivity contribution in [2.24, 2.45) is 11.7 Å². The molecule has 140 valence electrons. The highest BCUT2D eigenvalue weighted by Crippen LogP contribution is 2.18. The Hall–Kier alpha value is -2.24. The quantitative estimate of drug-likeness (QED) is 0.503. The van der Waals surface area contributed by atoms with Gasteiger partial charge in [0.1, 0.15) is 0 Å². The van der Waals surface area contributed by atoms with Crippen molar-refractivity contribution >= 4 is 5.69 Å². The third-order valence-corrected chi connectivity index (χ3v) is 4.89. The Labute approximate surface area is 156 Å². The van der Waals surface area contributed by atoms with E-state index in [4.69, 9.17) is 5.73 Å². The van der Waals surface area contributed by atoms with Crippen LogP contribution in [0, 0.1) is 16.0 Å². The number of hydrogen-bond donors (Lipinski definition) is 1. The van der Waals surface area contributed by atoms with Crippen molar-refractivity contribution in [2.75, 3.05) is 6.54 Å². The zero-order chi connectivity index (χ0) is 18.9. The third-order valence-electron chi connectivity index (χ3n) is 4.89. The Balaban J connectivity index is 2.12. The molecule has 0 aliphatic carbocycles. The van der Waals surface area contributed by atoms with E-state index in [1.54, 1.807) is 12.1 Å². The maximum atomic E-state index is 10.8. The average Bonchev–Trinajstić information content (AvgIpc) is 2.67. The van der Waals surface area contributed by atoms with Gasteiger partial charge in [0, 0.05) is 38.3 Å². The Morgan fingerprint density at radius 1 is 0.923 bits per heavy atom. The van der Waals surface area contributed by atoms with Crippen molar-refractivity contribution in [3.8, 4) is 0 Å². The van der Waals surface area contributed by atoms with E-state index in [0.717, 1.165) is 43.6 Å². The van der Waals surface area contributed by atoms with Gasteiger partial charge in [-0.25, -0.2) is 0 Å². The monoisotopic (exact) mass is 355 g/mol. The van der Waals surface area contributed by atoms with Gasteiger partial charge in [-0.05, 0) is 22.6 Å². The van der Waals surface area contributed by atoms with Gasteiger partial charge in [0.15, 0.2) is 0 Å². The first kappa shape index (κ1) is 20.1. The van der Waals surface area contributed by atoms with Crippen molar-refractivity contribution in [2.45, 2.75) is 46.3 Å².